The number of aryl methyl sites for hydroxylation is 1. The molecule has 0 spiro atoms. The quantitative estimate of drug-likeness (QED) is 0.181. The molecular formula is C28H29F3N4O4S. The van der Waals surface area contributed by atoms with Crippen LogP contribution >= 0.6 is 11.8 Å². The van der Waals surface area contributed by atoms with E-state index in [9.17, 15) is 18.4 Å². The van der Waals surface area contributed by atoms with Crippen LogP contribution in [0.25, 0.3) is 22.0 Å². The van der Waals surface area contributed by atoms with E-state index in [1.807, 2.05) is 11.8 Å². The molecule has 0 bridgehead atoms. The molecule has 1 fully saturated rings. The van der Waals surface area contributed by atoms with Gasteiger partial charge in [-0.2, -0.15) is 4.98 Å². The lowest BCUT2D eigenvalue weighted by atomic mass is 9.96. The zero-order chi connectivity index (χ0) is 28.7. The van der Waals surface area contributed by atoms with Gasteiger partial charge in [0.15, 0.2) is 11.6 Å². The number of benzene rings is 2. The fourth-order valence-corrected chi connectivity index (χ4v) is 6.84. The van der Waals surface area contributed by atoms with Gasteiger partial charge < -0.3 is 19.3 Å². The molecule has 12 heteroatoms. The van der Waals surface area contributed by atoms with Crippen LogP contribution in [0, 0.1) is 24.4 Å². The van der Waals surface area contributed by atoms with Gasteiger partial charge in [0.1, 0.15) is 18.4 Å². The standard InChI is InChI=1S/C28H29F3N4O4S/c1-5-23(36)33-6-7-34(16(3)11-33)27-19-8-15(2)24(18-9-21(30)22(31)10-20(18)29)26-25(19)35(28(37)32-27)17(13-40-26)12-39-14-38-4/h5,8-10,16-17H,1,6-7,11-14H2,2-4H3/t16-,17+/m0/s1. The molecule has 2 aliphatic heterocycles. The van der Waals surface area contributed by atoms with E-state index in [-0.39, 0.29) is 30.9 Å². The lowest BCUT2D eigenvalue weighted by molar-refractivity contribution is -0.126. The Morgan fingerprint density at radius 3 is 2.65 bits per heavy atom. The molecule has 2 aromatic carbocycles. The molecule has 1 amide bonds. The predicted octanol–water partition coefficient (Wildman–Crippen LogP) is 4.28. The van der Waals surface area contributed by atoms with Crippen LogP contribution in [0.5, 0.6) is 0 Å². The molecular weight excluding hydrogens is 545 g/mol. The number of amides is 1. The first-order valence-electron chi connectivity index (χ1n) is 12.8. The second kappa shape index (κ2) is 11.3. The molecule has 3 aromatic rings. The molecule has 2 atom stereocenters. The van der Waals surface area contributed by atoms with Gasteiger partial charge in [-0.3, -0.25) is 9.36 Å². The first kappa shape index (κ1) is 28.2. The second-order valence-corrected chi connectivity index (χ2v) is 10.9. The SMILES string of the molecule is C=CC(=O)N1CCN(c2nc(=O)n3c4c(c(-c5cc(F)c(F)cc5F)c(C)cc24)SC[C@H]3COCOC)[C@@H](C)C1. The van der Waals surface area contributed by atoms with Crippen molar-refractivity contribution in [2.75, 3.05) is 50.8 Å². The van der Waals surface area contributed by atoms with Crippen LogP contribution in [0.1, 0.15) is 18.5 Å². The van der Waals surface area contributed by atoms with Crippen molar-refractivity contribution in [3.8, 4) is 11.1 Å². The molecule has 0 aliphatic carbocycles. The van der Waals surface area contributed by atoms with Crippen LogP contribution in [-0.4, -0.2) is 72.3 Å². The summed E-state index contributed by atoms with van der Waals surface area (Å²) >= 11 is 1.40. The van der Waals surface area contributed by atoms with Crippen molar-refractivity contribution in [1.29, 1.82) is 0 Å². The van der Waals surface area contributed by atoms with Crippen molar-refractivity contribution in [1.82, 2.24) is 14.5 Å². The maximum Gasteiger partial charge on any atom is 0.350 e. The molecule has 212 valence electrons. The highest BCUT2D eigenvalue weighted by atomic mass is 32.2. The Balaban J connectivity index is 1.73. The summed E-state index contributed by atoms with van der Waals surface area (Å²) < 4.78 is 55.3. The number of thioether (sulfide) groups is 1. The highest BCUT2D eigenvalue weighted by Gasteiger charge is 2.33. The van der Waals surface area contributed by atoms with Crippen molar-refractivity contribution in [3.63, 3.8) is 0 Å². The summed E-state index contributed by atoms with van der Waals surface area (Å²) in [7, 11) is 1.50. The average Bonchev–Trinajstić information content (AvgIpc) is 2.93. The zero-order valence-electron chi connectivity index (χ0n) is 22.4. The van der Waals surface area contributed by atoms with E-state index in [2.05, 4.69) is 11.6 Å². The van der Waals surface area contributed by atoms with Crippen LogP contribution in [0.2, 0.25) is 0 Å². The number of nitrogens with zero attached hydrogens (tertiary/aromatic N) is 4. The molecule has 3 heterocycles. The molecule has 0 unspecified atom stereocenters. The number of piperazine rings is 1. The Morgan fingerprint density at radius 1 is 1.20 bits per heavy atom. The summed E-state index contributed by atoms with van der Waals surface area (Å²) in [6.45, 7) is 8.78. The molecule has 2 aliphatic rings. The minimum atomic E-state index is -1.28. The fraction of sp³-hybridized carbons (Fsp3) is 0.393. The Kier molecular flexibility index (Phi) is 7.94. The average molecular weight is 575 g/mol. The van der Waals surface area contributed by atoms with E-state index in [1.165, 1.54) is 24.9 Å². The lowest BCUT2D eigenvalue weighted by Crippen LogP contribution is -2.54. The van der Waals surface area contributed by atoms with Crippen molar-refractivity contribution in [2.45, 2.75) is 30.8 Å². The summed E-state index contributed by atoms with van der Waals surface area (Å²) in [5.74, 6) is -2.64. The normalized spacial score (nSPS) is 18.9. The Hall–Kier alpha value is -3.35. The van der Waals surface area contributed by atoms with Gasteiger partial charge in [-0.1, -0.05) is 6.58 Å². The number of ether oxygens (including phenoxy) is 2. The van der Waals surface area contributed by atoms with E-state index in [0.717, 1.165) is 6.07 Å². The van der Waals surface area contributed by atoms with Gasteiger partial charge in [0, 0.05) is 66.0 Å². The number of carbonyl (C=O) groups is 1. The molecule has 40 heavy (non-hydrogen) atoms. The van der Waals surface area contributed by atoms with Crippen molar-refractivity contribution >= 4 is 34.4 Å². The van der Waals surface area contributed by atoms with E-state index in [1.54, 1.807) is 22.5 Å². The summed E-state index contributed by atoms with van der Waals surface area (Å²) in [5.41, 5.74) is 0.948. The number of halogens is 3. The van der Waals surface area contributed by atoms with Crippen molar-refractivity contribution in [2.24, 2.45) is 0 Å². The predicted molar refractivity (Wildman–Crippen MR) is 147 cm³/mol. The molecule has 0 N–H and O–H groups in total. The van der Waals surface area contributed by atoms with Gasteiger partial charge in [-0.15, -0.1) is 11.8 Å². The van der Waals surface area contributed by atoms with Gasteiger partial charge in [-0.05, 0) is 37.6 Å². The van der Waals surface area contributed by atoms with E-state index < -0.39 is 29.2 Å². The summed E-state index contributed by atoms with van der Waals surface area (Å²) in [6, 6.07) is 2.64. The third-order valence-corrected chi connectivity index (χ3v) is 8.54. The van der Waals surface area contributed by atoms with Crippen LogP contribution in [0.3, 0.4) is 0 Å². The molecule has 0 radical (unpaired) electrons. The number of hydrogen-bond acceptors (Lipinski definition) is 7. The highest BCUT2D eigenvalue weighted by molar-refractivity contribution is 7.99. The first-order valence-corrected chi connectivity index (χ1v) is 13.8. The number of rotatable bonds is 7. The summed E-state index contributed by atoms with van der Waals surface area (Å²) in [5, 5.41) is 0.665. The van der Waals surface area contributed by atoms with Crippen molar-refractivity contribution in [3.05, 3.63) is 64.4 Å². The monoisotopic (exact) mass is 574 g/mol. The number of hydrogen-bond donors (Lipinski definition) is 0. The highest BCUT2D eigenvalue weighted by Crippen LogP contribution is 2.46. The van der Waals surface area contributed by atoms with Gasteiger partial charge in [-0.25, -0.2) is 18.0 Å². The summed E-state index contributed by atoms with van der Waals surface area (Å²) in [6.07, 6.45) is 1.28. The van der Waals surface area contributed by atoms with Crippen molar-refractivity contribution < 1.29 is 27.4 Å². The molecule has 1 aromatic heterocycles. The minimum Gasteiger partial charge on any atom is -0.359 e. The zero-order valence-corrected chi connectivity index (χ0v) is 23.2. The first-order chi connectivity index (χ1) is 19.2. The van der Waals surface area contributed by atoms with Gasteiger partial charge >= 0.3 is 5.69 Å². The molecule has 8 nitrogen and oxygen atoms in total. The number of aromatic nitrogens is 2. The number of methoxy groups -OCH3 is 1. The summed E-state index contributed by atoms with van der Waals surface area (Å²) in [4.78, 5) is 34.6. The van der Waals surface area contributed by atoms with Crippen LogP contribution < -0.4 is 10.6 Å². The fourth-order valence-electron chi connectivity index (χ4n) is 5.48. The lowest BCUT2D eigenvalue weighted by Gasteiger charge is -2.41. The van der Waals surface area contributed by atoms with Gasteiger partial charge in [0.25, 0.3) is 0 Å². The number of anilines is 1. The molecule has 5 rings (SSSR count). The van der Waals surface area contributed by atoms with Crippen LogP contribution in [-0.2, 0) is 14.3 Å². The van der Waals surface area contributed by atoms with E-state index in [0.29, 0.717) is 64.2 Å². The maximum absolute atomic E-state index is 15.1. The van der Waals surface area contributed by atoms with E-state index >= 15 is 4.39 Å². The molecule has 1 saturated heterocycles. The third kappa shape index (κ3) is 4.88. The largest absolute Gasteiger partial charge is 0.359 e. The topological polar surface area (TPSA) is 76.9 Å². The molecule has 0 saturated carbocycles. The Bertz CT molecular complexity index is 1560. The van der Waals surface area contributed by atoms with Crippen LogP contribution in [0.15, 0.2) is 40.5 Å². The Labute approximate surface area is 233 Å². The van der Waals surface area contributed by atoms with Crippen LogP contribution in [0.4, 0.5) is 19.0 Å². The minimum absolute atomic E-state index is 0.0435. The number of carbonyl (C=O) groups excluding carboxylic acids is 1. The third-order valence-electron chi connectivity index (χ3n) is 7.30. The Morgan fingerprint density at radius 2 is 1.95 bits per heavy atom. The maximum atomic E-state index is 15.1. The van der Waals surface area contributed by atoms with Gasteiger partial charge in [0.05, 0.1) is 18.2 Å². The van der Waals surface area contributed by atoms with Gasteiger partial charge in [0.2, 0.25) is 5.91 Å². The smallest absolute Gasteiger partial charge is 0.350 e. The van der Waals surface area contributed by atoms with E-state index in [4.69, 9.17) is 9.47 Å². The second-order valence-electron chi connectivity index (χ2n) is 9.90.